The molecule has 0 aliphatic rings. The maximum atomic E-state index is 12.3. The fourth-order valence-electron chi connectivity index (χ4n) is 4.66. The zero-order valence-corrected chi connectivity index (χ0v) is 35.3. The monoisotopic (exact) mass is 814 g/mol. The zero-order valence-electron chi connectivity index (χ0n) is 32.0. The molecule has 0 aromatic rings. The average Bonchev–Trinajstić information content (AvgIpc) is 3.13. The lowest BCUT2D eigenvalue weighted by atomic mass is 10.2. The quantitative estimate of drug-likeness (QED) is 0.0270. The van der Waals surface area contributed by atoms with Gasteiger partial charge in [0.2, 0.25) is 0 Å². The van der Waals surface area contributed by atoms with E-state index in [1.165, 1.54) is 12.2 Å². The van der Waals surface area contributed by atoms with Gasteiger partial charge in [0.1, 0.15) is 0 Å². The Balaban J connectivity index is 3.87. The molecule has 0 aliphatic heterocycles. The summed E-state index contributed by atoms with van der Waals surface area (Å²) < 4.78 is 21.4. The first-order valence-corrected chi connectivity index (χ1v) is 24.5. The molecule has 11 nitrogen and oxygen atoms in total. The summed E-state index contributed by atoms with van der Waals surface area (Å²) in [6.45, 7) is 6.04. The third-order valence-electron chi connectivity index (χ3n) is 7.65. The van der Waals surface area contributed by atoms with Crippen molar-refractivity contribution in [1.82, 2.24) is 4.90 Å². The van der Waals surface area contributed by atoms with Crippen LogP contribution >= 0.6 is 43.2 Å². The Morgan fingerprint density at radius 2 is 0.885 bits per heavy atom. The van der Waals surface area contributed by atoms with Gasteiger partial charge in [-0.15, -0.1) is 0 Å². The molecular weight excluding hydrogens is 745 g/mol. The van der Waals surface area contributed by atoms with E-state index in [9.17, 15) is 19.2 Å². The summed E-state index contributed by atoms with van der Waals surface area (Å²) in [6.07, 6.45) is 14.5. The van der Waals surface area contributed by atoms with Crippen molar-refractivity contribution in [2.75, 3.05) is 82.2 Å². The molecule has 3 N–H and O–H groups in total. The molecular formula is C37H70N2O9S4. The minimum Gasteiger partial charge on any atom is -0.466 e. The molecule has 0 rings (SSSR count). The first kappa shape index (κ1) is 51.2. The second-order valence-electron chi connectivity index (χ2n) is 12.5. The van der Waals surface area contributed by atoms with Crippen LogP contribution in [-0.2, 0) is 38.1 Å². The maximum absolute atomic E-state index is 12.3. The fraction of sp³-hybridized carbons (Fsp3) is 0.892. The Hall–Kier alpha value is -0.840. The van der Waals surface area contributed by atoms with Gasteiger partial charge >= 0.3 is 23.9 Å². The number of unbranched alkanes of at least 4 members (excludes halogenated alkanes) is 9. The van der Waals surface area contributed by atoms with Crippen LogP contribution in [0.5, 0.6) is 0 Å². The number of aliphatic hydroxyl groups is 1. The van der Waals surface area contributed by atoms with Crippen molar-refractivity contribution < 1.29 is 43.2 Å². The van der Waals surface area contributed by atoms with Crippen molar-refractivity contribution in [2.24, 2.45) is 5.73 Å². The van der Waals surface area contributed by atoms with Gasteiger partial charge in [0.25, 0.3) is 0 Å². The highest BCUT2D eigenvalue weighted by atomic mass is 33.1. The summed E-state index contributed by atoms with van der Waals surface area (Å²) >= 11 is 0. The molecule has 306 valence electrons. The number of hydrogen-bond donors (Lipinski definition) is 2. The number of nitrogens with two attached hydrogens (primary N) is 1. The summed E-state index contributed by atoms with van der Waals surface area (Å²) in [4.78, 5) is 50.4. The minimum atomic E-state index is -0.283. The third-order valence-corrected chi connectivity index (χ3v) is 12.9. The Kier molecular flexibility index (Phi) is 40.7. The molecule has 0 unspecified atom stereocenters. The highest BCUT2D eigenvalue weighted by Crippen LogP contribution is 2.23. The Morgan fingerprint density at radius 3 is 1.31 bits per heavy atom. The van der Waals surface area contributed by atoms with Crippen LogP contribution in [-0.4, -0.2) is 116 Å². The van der Waals surface area contributed by atoms with E-state index >= 15 is 0 Å². The van der Waals surface area contributed by atoms with Gasteiger partial charge in [-0.1, -0.05) is 62.9 Å². The van der Waals surface area contributed by atoms with E-state index in [2.05, 4.69) is 6.92 Å². The number of aliphatic hydroxyl groups excluding tert-OH is 1. The number of rotatable bonds is 40. The lowest BCUT2D eigenvalue weighted by Gasteiger charge is -2.21. The molecule has 0 radical (unpaired) electrons. The van der Waals surface area contributed by atoms with Gasteiger partial charge in [-0.2, -0.15) is 0 Å². The van der Waals surface area contributed by atoms with Crippen LogP contribution in [0.3, 0.4) is 0 Å². The first-order chi connectivity index (χ1) is 25.4. The van der Waals surface area contributed by atoms with E-state index < -0.39 is 0 Å². The molecule has 0 spiro atoms. The average molecular weight is 815 g/mol. The van der Waals surface area contributed by atoms with E-state index in [4.69, 9.17) is 29.8 Å². The van der Waals surface area contributed by atoms with Crippen molar-refractivity contribution in [3.8, 4) is 0 Å². The normalized spacial score (nSPS) is 11.2. The molecule has 52 heavy (non-hydrogen) atoms. The van der Waals surface area contributed by atoms with E-state index in [0.29, 0.717) is 84.7 Å². The second-order valence-corrected chi connectivity index (χ2v) is 17.9. The molecule has 0 saturated carbocycles. The van der Waals surface area contributed by atoms with Crippen LogP contribution in [0.25, 0.3) is 0 Å². The van der Waals surface area contributed by atoms with Crippen LogP contribution in [0, 0.1) is 0 Å². The van der Waals surface area contributed by atoms with Gasteiger partial charge < -0.3 is 34.7 Å². The van der Waals surface area contributed by atoms with Gasteiger partial charge in [-0.3, -0.25) is 19.2 Å². The maximum Gasteiger partial charge on any atom is 0.307 e. The molecule has 0 heterocycles. The summed E-state index contributed by atoms with van der Waals surface area (Å²) in [6, 6.07) is 0. The van der Waals surface area contributed by atoms with Crippen molar-refractivity contribution in [2.45, 2.75) is 129 Å². The standard InChI is InChI=1S/C37H70N2O9S4/c1-2-30-49-50-31-15-3-7-17-34(41)45-26-11-5-13-28-47-36(43)19-23-39(22-9-10-25-40)24-20-37(44)48-29-14-6-12-27-46-35(42)18-8-4-16-32-51-52-33-21-38/h40H,2-33,38H2,1H3. The number of ether oxygens (including phenoxy) is 4. The summed E-state index contributed by atoms with van der Waals surface area (Å²) in [5, 5.41) is 9.16. The van der Waals surface area contributed by atoms with Crippen LogP contribution in [0.4, 0.5) is 0 Å². The number of carbonyl (C=O) groups excluding carboxylic acids is 4. The lowest BCUT2D eigenvalue weighted by Crippen LogP contribution is -2.31. The van der Waals surface area contributed by atoms with Gasteiger partial charge in [0.05, 0.1) is 39.3 Å². The Labute approximate surface area is 330 Å². The lowest BCUT2D eigenvalue weighted by molar-refractivity contribution is -0.145. The van der Waals surface area contributed by atoms with Gasteiger partial charge in [-0.05, 0) is 90.0 Å². The van der Waals surface area contributed by atoms with Crippen molar-refractivity contribution in [3.05, 3.63) is 0 Å². The predicted molar refractivity (Wildman–Crippen MR) is 220 cm³/mol. The molecule has 0 atom stereocenters. The summed E-state index contributed by atoms with van der Waals surface area (Å²) in [7, 11) is 7.46. The third kappa shape index (κ3) is 38.9. The smallest absolute Gasteiger partial charge is 0.307 e. The van der Waals surface area contributed by atoms with Crippen LogP contribution in [0.2, 0.25) is 0 Å². The van der Waals surface area contributed by atoms with Crippen molar-refractivity contribution in [3.63, 3.8) is 0 Å². The second kappa shape index (κ2) is 41.3. The molecule has 0 aliphatic carbocycles. The van der Waals surface area contributed by atoms with Crippen molar-refractivity contribution >= 4 is 67.1 Å². The van der Waals surface area contributed by atoms with E-state index in [1.54, 1.807) is 10.8 Å². The Bertz CT molecular complexity index is 800. The van der Waals surface area contributed by atoms with Crippen LogP contribution in [0.15, 0.2) is 0 Å². The van der Waals surface area contributed by atoms with Gasteiger partial charge in [0.15, 0.2) is 0 Å². The minimum absolute atomic E-state index is 0.100. The molecule has 0 fully saturated rings. The molecule has 0 amide bonds. The highest BCUT2D eigenvalue weighted by molar-refractivity contribution is 8.77. The fourth-order valence-corrected chi connectivity index (χ4v) is 8.95. The predicted octanol–water partition coefficient (Wildman–Crippen LogP) is 7.61. The summed E-state index contributed by atoms with van der Waals surface area (Å²) in [5.41, 5.74) is 5.47. The Morgan fingerprint density at radius 1 is 0.481 bits per heavy atom. The number of nitrogens with zero attached hydrogens (tertiary/aromatic N) is 1. The molecule has 0 bridgehead atoms. The molecule has 0 aromatic heterocycles. The van der Waals surface area contributed by atoms with Gasteiger partial charge in [-0.25, -0.2) is 0 Å². The van der Waals surface area contributed by atoms with Crippen molar-refractivity contribution in [1.29, 1.82) is 0 Å². The van der Waals surface area contributed by atoms with Crippen LogP contribution in [0.1, 0.15) is 129 Å². The SMILES string of the molecule is CCCSSCCCCCC(=O)OCCCCCOC(=O)CCN(CCCCO)CCC(=O)OCCCCCOC(=O)CCCCCSSCCN. The van der Waals surface area contributed by atoms with E-state index in [0.717, 1.165) is 87.9 Å². The summed E-state index contributed by atoms with van der Waals surface area (Å²) in [5.74, 6) is 3.52. The molecule has 0 saturated heterocycles. The number of esters is 4. The van der Waals surface area contributed by atoms with Crippen LogP contribution < -0.4 is 5.73 Å². The highest BCUT2D eigenvalue weighted by Gasteiger charge is 2.13. The van der Waals surface area contributed by atoms with Gasteiger partial charge in [0, 0.05) is 62.1 Å². The largest absolute Gasteiger partial charge is 0.466 e. The topological polar surface area (TPSA) is 155 Å². The molecule has 15 heteroatoms. The van der Waals surface area contributed by atoms with E-state index in [1.807, 2.05) is 37.3 Å². The molecule has 0 aromatic carbocycles. The first-order valence-electron chi connectivity index (χ1n) is 19.6. The number of hydrogen-bond acceptors (Lipinski definition) is 15. The number of carbonyl (C=O) groups is 4. The van der Waals surface area contributed by atoms with E-state index in [-0.39, 0.29) is 43.3 Å². The zero-order chi connectivity index (χ0) is 38.2.